The van der Waals surface area contributed by atoms with Crippen molar-refractivity contribution in [1.82, 2.24) is 4.98 Å². The summed E-state index contributed by atoms with van der Waals surface area (Å²) in [6.45, 7) is 10.5. The Morgan fingerprint density at radius 3 is 2.26 bits per heavy atom. The van der Waals surface area contributed by atoms with Crippen LogP contribution in [0.15, 0.2) is 42.7 Å². The lowest BCUT2D eigenvalue weighted by molar-refractivity contribution is 0.0597. The first-order valence-electron chi connectivity index (χ1n) is 8.59. The second-order valence-electron chi connectivity index (χ2n) is 7.65. The van der Waals surface area contributed by atoms with Gasteiger partial charge in [-0.05, 0) is 48.5 Å². The van der Waals surface area contributed by atoms with Crippen molar-refractivity contribution in [2.75, 3.05) is 7.11 Å². The highest BCUT2D eigenvalue weighted by Crippen LogP contribution is 2.40. The Balaban J connectivity index is 2.41. The van der Waals surface area contributed by atoms with Gasteiger partial charge >= 0.3 is 11.9 Å². The Morgan fingerprint density at radius 2 is 1.70 bits per heavy atom. The van der Waals surface area contributed by atoms with Crippen molar-refractivity contribution >= 4 is 20.3 Å². The number of methoxy groups -OCH3 is 1. The van der Waals surface area contributed by atoms with Gasteiger partial charge in [0.1, 0.15) is 5.75 Å². The average Bonchev–Trinajstić information content (AvgIpc) is 2.62. The summed E-state index contributed by atoms with van der Waals surface area (Å²) < 4.78 is 16.6. The standard InChI is InChI=1S/C20H25NO5Si/c1-20(2,3)27(5,6)26-16-10-9-14(18(22)24-4)12-17(16)25-19(23)15-8-7-11-21-13-15/h7-13H,1-6H3. The Kier molecular flexibility index (Phi) is 6.05. The van der Waals surface area contributed by atoms with E-state index in [1.807, 2.05) is 0 Å². The van der Waals surface area contributed by atoms with Crippen LogP contribution in [0.1, 0.15) is 41.5 Å². The van der Waals surface area contributed by atoms with Crippen molar-refractivity contribution in [2.45, 2.75) is 38.9 Å². The molecule has 0 radical (unpaired) electrons. The molecule has 0 aliphatic heterocycles. The molecule has 1 heterocycles. The molecule has 0 N–H and O–H groups in total. The summed E-state index contributed by atoms with van der Waals surface area (Å²) in [7, 11) is -0.885. The van der Waals surface area contributed by atoms with E-state index < -0.39 is 20.3 Å². The number of aromatic nitrogens is 1. The van der Waals surface area contributed by atoms with Gasteiger partial charge in [-0.1, -0.05) is 20.8 Å². The van der Waals surface area contributed by atoms with Gasteiger partial charge in [-0.2, -0.15) is 0 Å². The first kappa shape index (κ1) is 20.6. The van der Waals surface area contributed by atoms with E-state index in [-0.39, 0.29) is 16.4 Å². The van der Waals surface area contributed by atoms with E-state index in [2.05, 4.69) is 38.8 Å². The fraction of sp³-hybridized carbons (Fsp3) is 0.350. The molecule has 0 amide bonds. The van der Waals surface area contributed by atoms with Crippen molar-refractivity contribution < 1.29 is 23.5 Å². The molecule has 0 unspecified atom stereocenters. The van der Waals surface area contributed by atoms with Crippen LogP contribution in [0.4, 0.5) is 0 Å². The average molecular weight is 388 g/mol. The molecule has 0 aliphatic carbocycles. The van der Waals surface area contributed by atoms with Gasteiger partial charge in [0.2, 0.25) is 0 Å². The number of hydrogen-bond donors (Lipinski definition) is 0. The summed E-state index contributed by atoms with van der Waals surface area (Å²) in [6.07, 6.45) is 2.99. The minimum Gasteiger partial charge on any atom is -0.541 e. The van der Waals surface area contributed by atoms with Gasteiger partial charge in [-0.15, -0.1) is 0 Å². The van der Waals surface area contributed by atoms with Crippen molar-refractivity contribution in [3.05, 3.63) is 53.9 Å². The summed E-state index contributed by atoms with van der Waals surface area (Å²) in [4.78, 5) is 28.3. The molecule has 1 aromatic heterocycles. The molecule has 0 bridgehead atoms. The lowest BCUT2D eigenvalue weighted by atomic mass is 10.2. The predicted molar refractivity (Wildman–Crippen MR) is 105 cm³/mol. The van der Waals surface area contributed by atoms with Gasteiger partial charge in [-0.3, -0.25) is 4.98 Å². The van der Waals surface area contributed by atoms with E-state index in [4.69, 9.17) is 13.9 Å². The molecule has 0 aliphatic rings. The van der Waals surface area contributed by atoms with E-state index in [1.165, 1.54) is 19.4 Å². The largest absolute Gasteiger partial charge is 0.541 e. The van der Waals surface area contributed by atoms with Gasteiger partial charge in [-0.25, -0.2) is 9.59 Å². The molecule has 1 aromatic carbocycles. The van der Waals surface area contributed by atoms with E-state index in [1.54, 1.807) is 30.5 Å². The number of rotatable bonds is 5. The fourth-order valence-corrected chi connectivity index (χ4v) is 3.01. The maximum Gasteiger partial charge on any atom is 0.345 e. The molecule has 0 fully saturated rings. The van der Waals surface area contributed by atoms with Crippen LogP contribution in [-0.2, 0) is 4.74 Å². The summed E-state index contributed by atoms with van der Waals surface area (Å²) in [5.74, 6) is -0.499. The Morgan fingerprint density at radius 1 is 1.00 bits per heavy atom. The smallest absolute Gasteiger partial charge is 0.345 e. The molecule has 0 saturated carbocycles. The highest BCUT2D eigenvalue weighted by atomic mass is 28.4. The Bertz CT molecular complexity index is 828. The molecular weight excluding hydrogens is 362 g/mol. The zero-order valence-corrected chi connectivity index (χ0v) is 17.5. The topological polar surface area (TPSA) is 74.7 Å². The third-order valence-electron chi connectivity index (χ3n) is 4.64. The molecule has 7 heteroatoms. The van der Waals surface area contributed by atoms with Crippen molar-refractivity contribution in [2.24, 2.45) is 0 Å². The zero-order chi connectivity index (χ0) is 20.2. The molecule has 2 rings (SSSR count). The predicted octanol–water partition coefficient (Wildman–Crippen LogP) is 4.47. The normalized spacial score (nSPS) is 11.6. The number of nitrogens with zero attached hydrogens (tertiary/aromatic N) is 1. The van der Waals surface area contributed by atoms with Crippen molar-refractivity contribution in [1.29, 1.82) is 0 Å². The number of ether oxygens (including phenoxy) is 2. The third-order valence-corrected chi connectivity index (χ3v) is 8.98. The summed E-state index contributed by atoms with van der Waals surface area (Å²) in [5, 5.41) is -0.0430. The fourth-order valence-electron chi connectivity index (χ4n) is 1.99. The highest BCUT2D eigenvalue weighted by Gasteiger charge is 2.39. The van der Waals surface area contributed by atoms with Crippen LogP contribution >= 0.6 is 0 Å². The molecule has 0 saturated heterocycles. The van der Waals surface area contributed by atoms with Crippen molar-refractivity contribution in [3.8, 4) is 11.5 Å². The number of carbonyl (C=O) groups is 2. The SMILES string of the molecule is COC(=O)c1ccc(O[Si](C)(C)C(C)(C)C)c(OC(=O)c2cccnc2)c1. The summed E-state index contributed by atoms with van der Waals surface area (Å²) in [5.41, 5.74) is 0.577. The quantitative estimate of drug-likeness (QED) is 0.428. The van der Waals surface area contributed by atoms with Crippen LogP contribution in [0.3, 0.4) is 0 Å². The maximum atomic E-state index is 12.5. The van der Waals surface area contributed by atoms with Crippen LogP contribution in [0.5, 0.6) is 11.5 Å². The number of hydrogen-bond acceptors (Lipinski definition) is 6. The zero-order valence-electron chi connectivity index (χ0n) is 16.5. The van der Waals surface area contributed by atoms with Gasteiger partial charge in [0.15, 0.2) is 5.75 Å². The molecule has 2 aromatic rings. The second kappa shape index (κ2) is 7.92. The molecule has 144 valence electrons. The molecule has 6 nitrogen and oxygen atoms in total. The van der Waals surface area contributed by atoms with E-state index in [9.17, 15) is 9.59 Å². The van der Waals surface area contributed by atoms with Crippen LogP contribution in [0, 0.1) is 0 Å². The van der Waals surface area contributed by atoms with Crippen molar-refractivity contribution in [3.63, 3.8) is 0 Å². The highest BCUT2D eigenvalue weighted by molar-refractivity contribution is 6.74. The lowest BCUT2D eigenvalue weighted by Crippen LogP contribution is -2.44. The minimum absolute atomic E-state index is 0.0430. The summed E-state index contributed by atoms with van der Waals surface area (Å²) in [6, 6.07) is 7.94. The molecular formula is C20H25NO5Si. The number of pyridine rings is 1. The summed E-state index contributed by atoms with van der Waals surface area (Å²) >= 11 is 0. The van der Waals surface area contributed by atoms with Gasteiger partial charge in [0.05, 0.1) is 18.2 Å². The Labute approximate surface area is 160 Å². The second-order valence-corrected chi connectivity index (χ2v) is 12.4. The Hall–Kier alpha value is -2.67. The molecule has 27 heavy (non-hydrogen) atoms. The van der Waals surface area contributed by atoms with E-state index >= 15 is 0 Å². The first-order chi connectivity index (χ1) is 12.5. The van der Waals surface area contributed by atoms with Gasteiger partial charge in [0.25, 0.3) is 8.32 Å². The lowest BCUT2D eigenvalue weighted by Gasteiger charge is -2.36. The number of esters is 2. The van der Waals surface area contributed by atoms with Crippen LogP contribution in [0.25, 0.3) is 0 Å². The van der Waals surface area contributed by atoms with E-state index in [0.29, 0.717) is 11.3 Å². The third kappa shape index (κ3) is 4.94. The van der Waals surface area contributed by atoms with Gasteiger partial charge in [0, 0.05) is 12.4 Å². The van der Waals surface area contributed by atoms with Crippen LogP contribution in [0.2, 0.25) is 18.1 Å². The van der Waals surface area contributed by atoms with Gasteiger partial charge < -0.3 is 13.9 Å². The maximum absolute atomic E-state index is 12.5. The molecule has 0 spiro atoms. The molecule has 0 atom stereocenters. The first-order valence-corrected chi connectivity index (χ1v) is 11.5. The monoisotopic (exact) mass is 387 g/mol. The van der Waals surface area contributed by atoms with Crippen LogP contribution < -0.4 is 9.16 Å². The van der Waals surface area contributed by atoms with E-state index in [0.717, 1.165) is 0 Å². The van der Waals surface area contributed by atoms with Crippen LogP contribution in [-0.4, -0.2) is 32.3 Å². The number of carbonyl (C=O) groups excluding carboxylic acids is 2. The minimum atomic E-state index is -2.18. The number of benzene rings is 1.